The summed E-state index contributed by atoms with van der Waals surface area (Å²) in [6, 6.07) is 8.23. The van der Waals surface area contributed by atoms with E-state index < -0.39 is 32.6 Å². The third-order valence-electron chi connectivity index (χ3n) is 5.81. The summed E-state index contributed by atoms with van der Waals surface area (Å²) in [5, 5.41) is 6.67. The van der Waals surface area contributed by atoms with Gasteiger partial charge in [-0.15, -0.1) is 0 Å². The maximum Gasteiger partial charge on any atom is 0.354 e. The Hall–Kier alpha value is -0.512. The monoisotopic (exact) mass is 482 g/mol. The Morgan fingerprint density at radius 1 is 0.750 bits per heavy atom. The van der Waals surface area contributed by atoms with Crippen LogP contribution in [0.3, 0.4) is 0 Å². The zero-order valence-corrected chi connectivity index (χ0v) is 24.6. The molecule has 9 heteroatoms. The fourth-order valence-electron chi connectivity index (χ4n) is 6.44. The van der Waals surface area contributed by atoms with Gasteiger partial charge in [-0.05, 0) is 45.7 Å². The predicted molar refractivity (Wildman–Crippen MR) is 141 cm³/mol. The van der Waals surface area contributed by atoms with Crippen LogP contribution in [0.25, 0.3) is 0 Å². The molecule has 1 rings (SSSR count). The molecule has 1 aromatic carbocycles. The second-order valence-corrected chi connectivity index (χ2v) is 32.5. The van der Waals surface area contributed by atoms with Crippen molar-refractivity contribution in [1.82, 2.24) is 0 Å². The maximum atomic E-state index is 5.40. The first-order valence-corrected chi connectivity index (χ1v) is 22.7. The van der Waals surface area contributed by atoms with Gasteiger partial charge in [0, 0.05) is 24.2 Å². The fourth-order valence-corrected chi connectivity index (χ4v) is 51.1. The molecule has 0 radical (unpaired) electrons. The van der Waals surface area contributed by atoms with E-state index in [1.807, 2.05) is 12.1 Å². The molecule has 0 aromatic heterocycles. The second kappa shape index (κ2) is 8.69. The zero-order valence-electron chi connectivity index (χ0n) is 18.9. The molecule has 1 aromatic rings. The molecule has 0 aliphatic carbocycles. The normalized spacial score (nSPS) is 15.1. The first kappa shape index (κ1) is 25.5. The molecule has 0 heterocycles. The summed E-state index contributed by atoms with van der Waals surface area (Å²) in [7, 11) is -6.75. The molecule has 0 saturated heterocycles. The van der Waals surface area contributed by atoms with Gasteiger partial charge in [0.05, 0.1) is 17.4 Å². The van der Waals surface area contributed by atoms with Crippen LogP contribution in [0.5, 0.6) is 5.75 Å². The fraction of sp³-hybridized carbons (Fsp3) is 0.579. The van der Waals surface area contributed by atoms with Crippen LogP contribution in [-0.2, 0) is 0 Å². The van der Waals surface area contributed by atoms with Crippen LogP contribution in [-0.4, -0.2) is 50.1 Å². The lowest BCUT2D eigenvalue weighted by atomic mass is 10.3. The lowest BCUT2D eigenvalue weighted by molar-refractivity contribution is 0.415. The molecule has 0 atom stereocenters. The van der Waals surface area contributed by atoms with Crippen molar-refractivity contribution in [2.24, 2.45) is 9.32 Å². The Morgan fingerprint density at radius 3 is 1.36 bits per heavy atom. The molecule has 0 spiro atoms. The van der Waals surface area contributed by atoms with Crippen LogP contribution < -0.4 is 9.92 Å². The van der Waals surface area contributed by atoms with Crippen molar-refractivity contribution < 1.29 is 4.74 Å². The highest BCUT2D eigenvalue weighted by Crippen LogP contribution is 2.60. The second-order valence-electron chi connectivity index (χ2n) is 10.3. The van der Waals surface area contributed by atoms with Crippen molar-refractivity contribution in [3.63, 3.8) is 0 Å². The Balaban J connectivity index is 4.32. The molecule has 0 amide bonds. The van der Waals surface area contributed by atoms with Crippen molar-refractivity contribution in [3.05, 3.63) is 24.3 Å². The van der Waals surface area contributed by atoms with Crippen LogP contribution in [0.15, 0.2) is 33.6 Å². The summed E-state index contributed by atoms with van der Waals surface area (Å²) in [4.78, 5) is 0. The molecule has 0 fully saturated rings. The number of ether oxygens (including phenoxy) is 1. The molecule has 154 valence electrons. The van der Waals surface area contributed by atoms with Gasteiger partial charge >= 0.3 is 8.40 Å². The van der Waals surface area contributed by atoms with Gasteiger partial charge in [-0.3, -0.25) is 0 Å². The Bertz CT molecular complexity index is 741. The quantitative estimate of drug-likeness (QED) is 0.262. The van der Waals surface area contributed by atoms with Gasteiger partial charge in [0.1, 0.15) is 5.75 Å². The van der Waals surface area contributed by atoms with E-state index in [0.717, 1.165) is 10.9 Å². The number of hydrogen-bond donors (Lipinski definition) is 0. The van der Waals surface area contributed by atoms with E-state index in [9.17, 15) is 0 Å². The van der Waals surface area contributed by atoms with Gasteiger partial charge in [-0.25, -0.2) is 9.32 Å². The van der Waals surface area contributed by atoms with Crippen LogP contribution >= 0.6 is 24.4 Å². The third kappa shape index (κ3) is 4.04. The molecular weight excluding hydrogens is 449 g/mol. The first-order chi connectivity index (χ1) is 12.7. The number of rotatable bonds is 8. The standard InChI is InChI=1S/C19H34N2OS2Si4/c1-22-17-11-13-18(14-12-17)28(20-15-23,21-16-24)19(25(2,3)4,26(5,6)7)27(8,9)10/h11-14H,1-10H3. The molecular formula is C19H34N2OS2Si4. The van der Waals surface area contributed by atoms with Gasteiger partial charge in [-0.2, -0.15) is 0 Å². The minimum absolute atomic E-state index is 0.0478. The molecule has 0 unspecified atom stereocenters. The van der Waals surface area contributed by atoms with Crippen LogP contribution in [0.2, 0.25) is 62.8 Å². The third-order valence-corrected chi connectivity index (χ3v) is 39.5. The number of hydrogen-bond acceptors (Lipinski definition) is 5. The number of benzene rings is 1. The maximum absolute atomic E-state index is 5.40. The minimum atomic E-state index is -2.94. The van der Waals surface area contributed by atoms with Crippen LogP contribution in [0.1, 0.15) is 0 Å². The van der Waals surface area contributed by atoms with E-state index in [1.165, 1.54) is 0 Å². The van der Waals surface area contributed by atoms with Gasteiger partial charge in [0.2, 0.25) is 0 Å². The molecule has 0 saturated carbocycles. The first-order valence-electron chi connectivity index (χ1n) is 9.49. The zero-order chi connectivity index (χ0) is 22.0. The summed E-state index contributed by atoms with van der Waals surface area (Å²) >= 11 is 10.4. The Labute approximate surface area is 185 Å². The largest absolute Gasteiger partial charge is 0.497 e. The average molecular weight is 483 g/mol. The van der Waals surface area contributed by atoms with Gasteiger partial charge in [0.15, 0.2) is 0 Å². The average Bonchev–Trinajstić information content (AvgIpc) is 2.51. The highest BCUT2D eigenvalue weighted by molar-refractivity contribution is 7.78. The van der Waals surface area contributed by atoms with Gasteiger partial charge in [-0.1, -0.05) is 71.1 Å². The predicted octanol–water partition coefficient (Wildman–Crippen LogP) is 5.92. The van der Waals surface area contributed by atoms with Gasteiger partial charge in [0.25, 0.3) is 0 Å². The molecule has 0 aliphatic rings. The summed E-state index contributed by atoms with van der Waals surface area (Å²) in [6.45, 7) is 22.3. The summed E-state index contributed by atoms with van der Waals surface area (Å²) in [6.07, 6.45) is 0. The number of isothiocyanates is 2. The minimum Gasteiger partial charge on any atom is -0.497 e. The highest BCUT2D eigenvalue weighted by atomic mass is 32.1. The van der Waals surface area contributed by atoms with E-state index in [2.05, 4.69) is 81.4 Å². The molecule has 0 N–H and O–H groups in total. The highest BCUT2D eigenvalue weighted by Gasteiger charge is 2.73. The van der Waals surface area contributed by atoms with Crippen LogP contribution in [0, 0.1) is 0 Å². The summed E-state index contributed by atoms with van der Waals surface area (Å²) in [5.41, 5.74) is 0. The number of methoxy groups -OCH3 is 1. The summed E-state index contributed by atoms with van der Waals surface area (Å²) < 4.78 is 15.5. The number of nitrogens with zero attached hydrogens (tertiary/aromatic N) is 2. The lowest BCUT2D eigenvalue weighted by Gasteiger charge is -2.63. The number of thiocarbonyl (C=S) groups is 2. The molecule has 28 heavy (non-hydrogen) atoms. The van der Waals surface area contributed by atoms with E-state index in [-0.39, 0.29) is 3.91 Å². The van der Waals surface area contributed by atoms with E-state index in [4.69, 9.17) is 38.5 Å². The Kier molecular flexibility index (Phi) is 7.93. The van der Waals surface area contributed by atoms with Gasteiger partial charge < -0.3 is 4.74 Å². The van der Waals surface area contributed by atoms with Crippen molar-refractivity contribution in [2.45, 2.75) is 62.8 Å². The molecule has 3 nitrogen and oxygen atoms in total. The smallest absolute Gasteiger partial charge is 0.354 e. The lowest BCUT2D eigenvalue weighted by Crippen LogP contribution is -2.79. The van der Waals surface area contributed by atoms with E-state index in [1.54, 1.807) is 7.11 Å². The topological polar surface area (TPSA) is 34.0 Å². The van der Waals surface area contributed by atoms with E-state index >= 15 is 0 Å². The van der Waals surface area contributed by atoms with Crippen molar-refractivity contribution >= 4 is 72.6 Å². The SMILES string of the molecule is COc1ccc([Si](N=C=S)(N=C=S)C([Si](C)(C)C)([Si](C)(C)C)[Si](C)(C)C)cc1. The summed E-state index contributed by atoms with van der Waals surface area (Å²) in [5.74, 6) is 0.823. The molecule has 0 bridgehead atoms. The molecule has 0 aliphatic heterocycles. The van der Waals surface area contributed by atoms with Crippen LogP contribution in [0.4, 0.5) is 0 Å². The van der Waals surface area contributed by atoms with Crippen molar-refractivity contribution in [1.29, 1.82) is 0 Å². The van der Waals surface area contributed by atoms with E-state index in [0.29, 0.717) is 0 Å². The van der Waals surface area contributed by atoms with Crippen molar-refractivity contribution in [3.8, 4) is 5.75 Å². The Morgan fingerprint density at radius 2 is 1.11 bits per heavy atom. The van der Waals surface area contributed by atoms with Crippen molar-refractivity contribution in [2.75, 3.05) is 7.11 Å².